The molecule has 1 aromatic heterocycles. The number of allylic oxidation sites excluding steroid dienone is 2. The molecule has 1 aromatic carbocycles. The summed E-state index contributed by atoms with van der Waals surface area (Å²) in [4.78, 5) is 16.6. The third kappa shape index (κ3) is 5.05. The molecular weight excluding hydrogens is 296 g/mol. The SMILES string of the molecule is CCc1ccnc(NC(=O)c2ccc(C(C)=CC(C)(C)C)cc2)c1. The van der Waals surface area contributed by atoms with E-state index >= 15 is 0 Å². The van der Waals surface area contributed by atoms with E-state index in [-0.39, 0.29) is 11.3 Å². The van der Waals surface area contributed by atoms with Crippen LogP contribution in [-0.4, -0.2) is 10.9 Å². The fourth-order valence-corrected chi connectivity index (χ4v) is 2.57. The number of hydrogen-bond donors (Lipinski definition) is 1. The Bertz CT molecular complexity index is 737. The number of nitrogens with zero attached hydrogens (tertiary/aromatic N) is 1. The third-order valence-corrected chi connectivity index (χ3v) is 3.73. The minimum absolute atomic E-state index is 0.135. The monoisotopic (exact) mass is 322 g/mol. The van der Waals surface area contributed by atoms with Crippen LogP contribution in [-0.2, 0) is 6.42 Å². The van der Waals surface area contributed by atoms with Crippen LogP contribution in [0.25, 0.3) is 5.57 Å². The van der Waals surface area contributed by atoms with E-state index in [0.29, 0.717) is 11.4 Å². The van der Waals surface area contributed by atoms with Crippen molar-refractivity contribution in [1.82, 2.24) is 4.98 Å². The summed E-state index contributed by atoms with van der Waals surface area (Å²) in [5.74, 6) is 0.451. The highest BCUT2D eigenvalue weighted by molar-refractivity contribution is 6.03. The Morgan fingerprint density at radius 2 is 1.75 bits per heavy atom. The molecule has 0 saturated heterocycles. The van der Waals surface area contributed by atoms with E-state index in [1.165, 1.54) is 5.57 Å². The van der Waals surface area contributed by atoms with Gasteiger partial charge in [-0.1, -0.05) is 45.9 Å². The highest BCUT2D eigenvalue weighted by Gasteiger charge is 2.10. The summed E-state index contributed by atoms with van der Waals surface area (Å²) in [6.45, 7) is 10.7. The number of hydrogen-bond acceptors (Lipinski definition) is 2. The Balaban J connectivity index is 2.12. The quantitative estimate of drug-likeness (QED) is 0.825. The lowest BCUT2D eigenvalue weighted by molar-refractivity contribution is 0.102. The van der Waals surface area contributed by atoms with Crippen molar-refractivity contribution in [1.29, 1.82) is 0 Å². The maximum Gasteiger partial charge on any atom is 0.256 e. The summed E-state index contributed by atoms with van der Waals surface area (Å²) in [5.41, 5.74) is 4.26. The first-order valence-electron chi connectivity index (χ1n) is 8.34. The van der Waals surface area contributed by atoms with Gasteiger partial charge < -0.3 is 5.32 Å². The Hall–Kier alpha value is -2.42. The van der Waals surface area contributed by atoms with E-state index in [4.69, 9.17) is 0 Å². The van der Waals surface area contributed by atoms with Crippen LogP contribution in [0.1, 0.15) is 56.1 Å². The first-order chi connectivity index (χ1) is 11.3. The van der Waals surface area contributed by atoms with Gasteiger partial charge in [0.15, 0.2) is 0 Å². The van der Waals surface area contributed by atoms with Crippen LogP contribution < -0.4 is 5.32 Å². The van der Waals surface area contributed by atoms with Crippen LogP contribution in [0.15, 0.2) is 48.7 Å². The predicted octanol–water partition coefficient (Wildman–Crippen LogP) is 5.35. The molecule has 0 aliphatic carbocycles. The van der Waals surface area contributed by atoms with Gasteiger partial charge in [0.2, 0.25) is 0 Å². The second kappa shape index (κ2) is 7.43. The van der Waals surface area contributed by atoms with Crippen molar-refractivity contribution < 1.29 is 4.79 Å². The standard InChI is InChI=1S/C21H26N2O/c1-6-16-11-12-22-19(13-16)23-20(24)18-9-7-17(8-10-18)15(2)14-21(3,4)5/h7-14H,6H2,1-5H3,(H,22,23,24). The summed E-state index contributed by atoms with van der Waals surface area (Å²) in [6.07, 6.45) is 4.87. The van der Waals surface area contributed by atoms with Crippen LogP contribution >= 0.6 is 0 Å². The van der Waals surface area contributed by atoms with Gasteiger partial charge in [-0.25, -0.2) is 4.98 Å². The molecule has 1 N–H and O–H groups in total. The number of aromatic nitrogens is 1. The number of amides is 1. The van der Waals surface area contributed by atoms with E-state index in [0.717, 1.165) is 17.5 Å². The number of carbonyl (C=O) groups excluding carboxylic acids is 1. The minimum Gasteiger partial charge on any atom is -0.307 e. The summed E-state index contributed by atoms with van der Waals surface area (Å²) in [6, 6.07) is 11.5. The van der Waals surface area contributed by atoms with Crippen LogP contribution in [0.2, 0.25) is 0 Å². The molecule has 126 valence electrons. The Kier molecular flexibility index (Phi) is 5.55. The number of aryl methyl sites for hydroxylation is 1. The molecule has 1 amide bonds. The Morgan fingerprint density at radius 1 is 1.12 bits per heavy atom. The van der Waals surface area contributed by atoms with Crippen LogP contribution in [0.4, 0.5) is 5.82 Å². The lowest BCUT2D eigenvalue weighted by atomic mass is 9.91. The first-order valence-corrected chi connectivity index (χ1v) is 8.34. The molecule has 0 spiro atoms. The number of anilines is 1. The predicted molar refractivity (Wildman–Crippen MR) is 101 cm³/mol. The van der Waals surface area contributed by atoms with Gasteiger partial charge in [0.1, 0.15) is 5.82 Å². The van der Waals surface area contributed by atoms with Gasteiger partial charge >= 0.3 is 0 Å². The maximum absolute atomic E-state index is 12.4. The van der Waals surface area contributed by atoms with Crippen molar-refractivity contribution in [3.8, 4) is 0 Å². The van der Waals surface area contributed by atoms with E-state index in [2.05, 4.69) is 51.0 Å². The van der Waals surface area contributed by atoms with E-state index in [1.54, 1.807) is 6.20 Å². The van der Waals surface area contributed by atoms with E-state index in [1.807, 2.05) is 36.4 Å². The average molecular weight is 322 g/mol. The van der Waals surface area contributed by atoms with Crippen LogP contribution in [0, 0.1) is 5.41 Å². The topological polar surface area (TPSA) is 42.0 Å². The molecule has 2 rings (SSSR count). The van der Waals surface area contributed by atoms with Gasteiger partial charge in [-0.3, -0.25) is 4.79 Å². The molecule has 0 radical (unpaired) electrons. The highest BCUT2D eigenvalue weighted by Crippen LogP contribution is 2.23. The highest BCUT2D eigenvalue weighted by atomic mass is 16.1. The fourth-order valence-electron chi connectivity index (χ4n) is 2.57. The largest absolute Gasteiger partial charge is 0.307 e. The summed E-state index contributed by atoms with van der Waals surface area (Å²) in [5, 5.41) is 2.86. The molecule has 0 bridgehead atoms. The molecule has 0 unspecified atom stereocenters. The molecule has 2 aromatic rings. The molecule has 24 heavy (non-hydrogen) atoms. The summed E-state index contributed by atoms with van der Waals surface area (Å²) < 4.78 is 0. The first kappa shape index (κ1) is 17.9. The number of rotatable bonds is 4. The number of nitrogens with one attached hydrogen (secondary N) is 1. The molecule has 0 atom stereocenters. The van der Waals surface area contributed by atoms with Gasteiger partial charge in [0.25, 0.3) is 5.91 Å². The van der Waals surface area contributed by atoms with Crippen molar-refractivity contribution in [3.05, 3.63) is 65.4 Å². The van der Waals surface area contributed by atoms with Gasteiger partial charge in [-0.05, 0) is 59.7 Å². The Labute approximate surface area is 144 Å². The van der Waals surface area contributed by atoms with E-state index < -0.39 is 0 Å². The second-order valence-corrected chi connectivity index (χ2v) is 7.13. The van der Waals surface area contributed by atoms with Crippen molar-refractivity contribution in [2.24, 2.45) is 5.41 Å². The lowest BCUT2D eigenvalue weighted by Crippen LogP contribution is -2.13. The van der Waals surface area contributed by atoms with Gasteiger partial charge in [-0.2, -0.15) is 0 Å². The normalized spacial score (nSPS) is 12.1. The maximum atomic E-state index is 12.4. The van der Waals surface area contributed by atoms with Gasteiger partial charge in [0.05, 0.1) is 0 Å². The number of benzene rings is 1. The summed E-state index contributed by atoms with van der Waals surface area (Å²) >= 11 is 0. The second-order valence-electron chi connectivity index (χ2n) is 7.13. The van der Waals surface area contributed by atoms with Gasteiger partial charge in [-0.15, -0.1) is 0 Å². The van der Waals surface area contributed by atoms with Crippen molar-refractivity contribution in [2.45, 2.75) is 41.0 Å². The van der Waals surface area contributed by atoms with Crippen LogP contribution in [0.3, 0.4) is 0 Å². The van der Waals surface area contributed by atoms with Crippen molar-refractivity contribution in [2.75, 3.05) is 5.32 Å². The van der Waals surface area contributed by atoms with Crippen LogP contribution in [0.5, 0.6) is 0 Å². The van der Waals surface area contributed by atoms with Crippen molar-refractivity contribution >= 4 is 17.3 Å². The van der Waals surface area contributed by atoms with Crippen molar-refractivity contribution in [3.63, 3.8) is 0 Å². The molecule has 1 heterocycles. The minimum atomic E-state index is -0.139. The van der Waals surface area contributed by atoms with Gasteiger partial charge in [0, 0.05) is 11.8 Å². The zero-order valence-electron chi connectivity index (χ0n) is 15.2. The fraction of sp³-hybridized carbons (Fsp3) is 0.333. The summed E-state index contributed by atoms with van der Waals surface area (Å²) in [7, 11) is 0. The molecule has 0 fully saturated rings. The lowest BCUT2D eigenvalue weighted by Gasteiger charge is -2.14. The molecule has 0 aliphatic rings. The third-order valence-electron chi connectivity index (χ3n) is 3.73. The molecule has 0 aliphatic heterocycles. The number of pyridine rings is 1. The number of carbonyl (C=O) groups is 1. The zero-order valence-corrected chi connectivity index (χ0v) is 15.2. The Morgan fingerprint density at radius 3 is 2.33 bits per heavy atom. The molecule has 0 saturated carbocycles. The molecular formula is C21H26N2O. The van der Waals surface area contributed by atoms with E-state index in [9.17, 15) is 4.79 Å². The smallest absolute Gasteiger partial charge is 0.256 e. The molecule has 3 heteroatoms. The average Bonchev–Trinajstić information content (AvgIpc) is 2.53. The molecule has 3 nitrogen and oxygen atoms in total. The zero-order chi connectivity index (χ0) is 17.7.